The van der Waals surface area contributed by atoms with E-state index in [0.29, 0.717) is 5.56 Å². The molecule has 2 rings (SSSR count). The molecule has 1 atom stereocenters. The Balaban J connectivity index is 2.12. The van der Waals surface area contributed by atoms with Crippen molar-refractivity contribution in [2.24, 2.45) is 0 Å². The van der Waals surface area contributed by atoms with Gasteiger partial charge < -0.3 is 15.7 Å². The average Bonchev–Trinajstić information content (AvgIpc) is 2.75. The van der Waals surface area contributed by atoms with Gasteiger partial charge in [0.15, 0.2) is 0 Å². The molecule has 4 heteroatoms. The predicted octanol–water partition coefficient (Wildman–Crippen LogP) is 0.765. The summed E-state index contributed by atoms with van der Waals surface area (Å²) in [7, 11) is 0. The fraction of sp³-hybridized carbons (Fsp3) is 0.417. The van der Waals surface area contributed by atoms with Crippen molar-refractivity contribution in [3.05, 3.63) is 29.3 Å². The Morgan fingerprint density at radius 3 is 3.19 bits per heavy atom. The number of anilines is 1. The molecule has 1 amide bonds. The van der Waals surface area contributed by atoms with Gasteiger partial charge in [-0.2, -0.15) is 0 Å². The molecular formula is C12H16N2O2. The molecule has 0 aromatic heterocycles. The average molecular weight is 220 g/mol. The zero-order chi connectivity index (χ0) is 11.5. The monoisotopic (exact) mass is 220 g/mol. The summed E-state index contributed by atoms with van der Waals surface area (Å²) in [4.78, 5) is 11.8. The van der Waals surface area contributed by atoms with Crippen LogP contribution < -0.4 is 10.6 Å². The Morgan fingerprint density at radius 1 is 1.62 bits per heavy atom. The van der Waals surface area contributed by atoms with E-state index in [4.69, 9.17) is 5.11 Å². The number of aliphatic hydroxyl groups is 1. The quantitative estimate of drug-likeness (QED) is 0.705. The van der Waals surface area contributed by atoms with Crippen molar-refractivity contribution in [1.82, 2.24) is 5.32 Å². The highest BCUT2D eigenvalue weighted by Gasteiger charge is 2.14. The van der Waals surface area contributed by atoms with Gasteiger partial charge in [0.25, 0.3) is 5.91 Å². The Hall–Kier alpha value is -1.55. The number of rotatable bonds is 3. The van der Waals surface area contributed by atoms with Crippen LogP contribution in [0.3, 0.4) is 0 Å². The molecule has 1 aromatic rings. The van der Waals surface area contributed by atoms with Crippen LogP contribution in [-0.2, 0) is 6.42 Å². The zero-order valence-corrected chi connectivity index (χ0v) is 9.29. The second-order valence-corrected chi connectivity index (χ2v) is 4.11. The summed E-state index contributed by atoms with van der Waals surface area (Å²) in [5.41, 5.74) is 2.93. The van der Waals surface area contributed by atoms with Crippen LogP contribution in [0.5, 0.6) is 0 Å². The van der Waals surface area contributed by atoms with Gasteiger partial charge in [0.05, 0.1) is 6.61 Å². The van der Waals surface area contributed by atoms with Gasteiger partial charge in [-0.25, -0.2) is 0 Å². The molecule has 0 saturated carbocycles. The van der Waals surface area contributed by atoms with E-state index in [1.54, 1.807) is 6.92 Å². The first-order valence-electron chi connectivity index (χ1n) is 5.49. The highest BCUT2D eigenvalue weighted by atomic mass is 16.3. The number of carbonyl (C=O) groups is 1. The number of hydrogen-bond donors (Lipinski definition) is 3. The van der Waals surface area contributed by atoms with Crippen LogP contribution in [0.15, 0.2) is 18.2 Å². The maximum atomic E-state index is 11.8. The fourth-order valence-electron chi connectivity index (χ4n) is 1.78. The van der Waals surface area contributed by atoms with E-state index < -0.39 is 0 Å². The standard InChI is InChI=1S/C12H16N2O2/c1-8(7-15)14-12(16)10-3-2-9-4-5-13-11(9)6-10/h2-3,6,8,13,15H,4-5,7H2,1H3,(H,14,16). The highest BCUT2D eigenvalue weighted by Crippen LogP contribution is 2.23. The van der Waals surface area contributed by atoms with Crippen LogP contribution >= 0.6 is 0 Å². The Morgan fingerprint density at radius 2 is 2.44 bits per heavy atom. The van der Waals surface area contributed by atoms with Crippen LogP contribution in [0, 0.1) is 0 Å². The van der Waals surface area contributed by atoms with Crippen molar-refractivity contribution in [2.75, 3.05) is 18.5 Å². The summed E-state index contributed by atoms with van der Waals surface area (Å²) in [5.74, 6) is -0.141. The van der Waals surface area contributed by atoms with Crippen LogP contribution in [0.25, 0.3) is 0 Å². The third-order valence-electron chi connectivity index (χ3n) is 2.73. The van der Waals surface area contributed by atoms with Gasteiger partial charge in [0.1, 0.15) is 0 Å². The molecule has 0 fully saturated rings. The minimum atomic E-state index is -0.214. The molecule has 1 aromatic carbocycles. The molecular weight excluding hydrogens is 204 g/mol. The summed E-state index contributed by atoms with van der Waals surface area (Å²) in [6, 6.07) is 5.45. The molecule has 1 aliphatic heterocycles. The molecule has 1 aliphatic rings. The number of nitrogens with one attached hydrogen (secondary N) is 2. The van der Waals surface area contributed by atoms with Gasteiger partial charge in [-0.15, -0.1) is 0 Å². The number of carbonyl (C=O) groups excluding carboxylic acids is 1. The van der Waals surface area contributed by atoms with E-state index in [1.165, 1.54) is 5.56 Å². The van der Waals surface area contributed by atoms with Gasteiger partial charge in [0.2, 0.25) is 0 Å². The van der Waals surface area contributed by atoms with Gasteiger partial charge >= 0.3 is 0 Å². The Kier molecular flexibility index (Phi) is 3.10. The number of fused-ring (bicyclic) bond motifs is 1. The van der Waals surface area contributed by atoms with Gasteiger partial charge in [-0.3, -0.25) is 4.79 Å². The lowest BCUT2D eigenvalue weighted by atomic mass is 10.1. The van der Waals surface area contributed by atoms with E-state index in [0.717, 1.165) is 18.7 Å². The topological polar surface area (TPSA) is 61.4 Å². The van der Waals surface area contributed by atoms with Crippen LogP contribution in [0.4, 0.5) is 5.69 Å². The normalized spacial score (nSPS) is 15.1. The molecule has 0 aliphatic carbocycles. The third kappa shape index (κ3) is 2.17. The molecule has 0 bridgehead atoms. The van der Waals surface area contributed by atoms with E-state index in [-0.39, 0.29) is 18.6 Å². The molecule has 16 heavy (non-hydrogen) atoms. The number of benzene rings is 1. The smallest absolute Gasteiger partial charge is 0.251 e. The predicted molar refractivity (Wildman–Crippen MR) is 62.6 cm³/mol. The van der Waals surface area contributed by atoms with Gasteiger partial charge in [-0.05, 0) is 31.0 Å². The van der Waals surface area contributed by atoms with Crippen LogP contribution in [0.1, 0.15) is 22.8 Å². The minimum absolute atomic E-state index is 0.0467. The Bertz CT molecular complexity index is 404. The maximum Gasteiger partial charge on any atom is 0.251 e. The molecule has 0 radical (unpaired) electrons. The van der Waals surface area contributed by atoms with Gasteiger partial charge in [0, 0.05) is 23.8 Å². The number of aliphatic hydroxyl groups excluding tert-OH is 1. The number of hydrogen-bond acceptors (Lipinski definition) is 3. The maximum absolute atomic E-state index is 11.8. The first-order valence-corrected chi connectivity index (χ1v) is 5.49. The SMILES string of the molecule is CC(CO)NC(=O)c1ccc2c(c1)NCC2. The van der Waals surface area contributed by atoms with E-state index in [2.05, 4.69) is 10.6 Å². The molecule has 1 unspecified atom stereocenters. The molecule has 0 saturated heterocycles. The molecule has 0 spiro atoms. The summed E-state index contributed by atoms with van der Waals surface area (Å²) in [5, 5.41) is 14.8. The van der Waals surface area contributed by atoms with Crippen molar-refractivity contribution < 1.29 is 9.90 Å². The highest BCUT2D eigenvalue weighted by molar-refractivity contribution is 5.95. The molecule has 86 valence electrons. The van der Waals surface area contributed by atoms with Crippen molar-refractivity contribution in [3.63, 3.8) is 0 Å². The Labute approximate surface area is 94.7 Å². The van der Waals surface area contributed by atoms with Crippen LogP contribution in [0.2, 0.25) is 0 Å². The lowest BCUT2D eigenvalue weighted by molar-refractivity contribution is 0.0922. The fourth-order valence-corrected chi connectivity index (χ4v) is 1.78. The first-order chi connectivity index (χ1) is 7.70. The minimum Gasteiger partial charge on any atom is -0.394 e. The molecule has 1 heterocycles. The number of amides is 1. The molecule has 4 nitrogen and oxygen atoms in total. The van der Waals surface area contributed by atoms with Crippen molar-refractivity contribution in [1.29, 1.82) is 0 Å². The van der Waals surface area contributed by atoms with E-state index in [9.17, 15) is 4.79 Å². The third-order valence-corrected chi connectivity index (χ3v) is 2.73. The van der Waals surface area contributed by atoms with Crippen molar-refractivity contribution in [3.8, 4) is 0 Å². The van der Waals surface area contributed by atoms with E-state index >= 15 is 0 Å². The van der Waals surface area contributed by atoms with Gasteiger partial charge in [-0.1, -0.05) is 6.07 Å². The summed E-state index contributed by atoms with van der Waals surface area (Å²) < 4.78 is 0. The largest absolute Gasteiger partial charge is 0.394 e. The van der Waals surface area contributed by atoms with Crippen molar-refractivity contribution >= 4 is 11.6 Å². The molecule has 3 N–H and O–H groups in total. The van der Waals surface area contributed by atoms with E-state index in [1.807, 2.05) is 18.2 Å². The van der Waals surface area contributed by atoms with Crippen LogP contribution in [-0.4, -0.2) is 30.2 Å². The second-order valence-electron chi connectivity index (χ2n) is 4.11. The summed E-state index contributed by atoms with van der Waals surface area (Å²) in [6.45, 7) is 2.66. The lowest BCUT2D eigenvalue weighted by Gasteiger charge is -2.11. The summed E-state index contributed by atoms with van der Waals surface area (Å²) >= 11 is 0. The first kappa shape index (κ1) is 11.0. The lowest BCUT2D eigenvalue weighted by Crippen LogP contribution is -2.34. The summed E-state index contributed by atoms with van der Waals surface area (Å²) in [6.07, 6.45) is 1.02. The zero-order valence-electron chi connectivity index (χ0n) is 9.29. The van der Waals surface area contributed by atoms with Crippen molar-refractivity contribution in [2.45, 2.75) is 19.4 Å². The second kappa shape index (κ2) is 4.53.